The normalized spacial score (nSPS) is 13.1. The third-order valence-electron chi connectivity index (χ3n) is 11.1. The van der Waals surface area contributed by atoms with Gasteiger partial charge in [-0.1, -0.05) is 206 Å². The molecule has 0 aliphatic heterocycles. The van der Waals surface area contributed by atoms with Gasteiger partial charge in [-0.05, 0) is 135 Å². The summed E-state index contributed by atoms with van der Waals surface area (Å²) in [6, 6.07) is 0. The molecule has 0 spiro atoms. The van der Waals surface area contributed by atoms with E-state index in [-0.39, 0.29) is 44.0 Å². The summed E-state index contributed by atoms with van der Waals surface area (Å²) >= 11 is 0. The predicted octanol–water partition coefficient (Wildman–Crippen LogP) is 18.6. The Balaban J connectivity index is 4.61. The molecule has 1 atom stereocenters. The summed E-state index contributed by atoms with van der Waals surface area (Å²) in [7, 11) is 0. The first-order chi connectivity index (χ1) is 34.0. The van der Waals surface area contributed by atoms with E-state index in [0.717, 1.165) is 103 Å². The molecule has 0 fully saturated rings. The first-order valence-corrected chi connectivity index (χ1v) is 27.7. The molecule has 388 valence electrons. The lowest BCUT2D eigenvalue weighted by atomic mass is 10.1. The van der Waals surface area contributed by atoms with Gasteiger partial charge in [-0.2, -0.15) is 0 Å². The molecular weight excluding hydrogens is 853 g/mol. The van der Waals surface area contributed by atoms with Crippen LogP contribution in [0.1, 0.15) is 226 Å². The quantitative estimate of drug-likeness (QED) is 0.0262. The van der Waals surface area contributed by atoms with E-state index in [0.29, 0.717) is 19.3 Å². The van der Waals surface area contributed by atoms with Crippen LogP contribution < -0.4 is 0 Å². The molecule has 0 bridgehead atoms. The number of hydrogen-bond acceptors (Lipinski definition) is 6. The molecule has 0 N–H and O–H groups in total. The van der Waals surface area contributed by atoms with Crippen LogP contribution in [0.15, 0.2) is 134 Å². The average molecular weight is 953 g/mol. The van der Waals surface area contributed by atoms with Crippen molar-refractivity contribution >= 4 is 17.9 Å². The van der Waals surface area contributed by atoms with Crippen LogP contribution in [-0.4, -0.2) is 37.2 Å². The number of hydrogen-bond donors (Lipinski definition) is 0. The molecule has 0 heterocycles. The van der Waals surface area contributed by atoms with E-state index >= 15 is 0 Å². The van der Waals surface area contributed by atoms with E-state index < -0.39 is 6.10 Å². The van der Waals surface area contributed by atoms with E-state index in [4.69, 9.17) is 14.2 Å². The Kier molecular flexibility index (Phi) is 52.5. The second kappa shape index (κ2) is 56.1. The van der Waals surface area contributed by atoms with E-state index in [1.807, 2.05) is 0 Å². The van der Waals surface area contributed by atoms with Crippen LogP contribution in [0.25, 0.3) is 0 Å². The zero-order valence-corrected chi connectivity index (χ0v) is 44.3. The van der Waals surface area contributed by atoms with Gasteiger partial charge < -0.3 is 14.2 Å². The second-order valence-corrected chi connectivity index (χ2v) is 17.7. The lowest BCUT2D eigenvalue weighted by Crippen LogP contribution is -2.30. The number of ether oxygens (including phenoxy) is 3. The first kappa shape index (κ1) is 64.5. The average Bonchev–Trinajstić information content (AvgIpc) is 3.35. The fraction of sp³-hybridized carbons (Fsp3) is 0.603. The molecule has 0 aromatic heterocycles. The van der Waals surface area contributed by atoms with Crippen LogP contribution in [0.4, 0.5) is 0 Å². The van der Waals surface area contributed by atoms with Gasteiger partial charge in [0.05, 0.1) is 0 Å². The van der Waals surface area contributed by atoms with Crippen molar-refractivity contribution in [3.05, 3.63) is 134 Å². The molecule has 0 saturated carbocycles. The third kappa shape index (κ3) is 54.4. The highest BCUT2D eigenvalue weighted by atomic mass is 16.6. The summed E-state index contributed by atoms with van der Waals surface area (Å²) in [4.78, 5) is 38.1. The van der Waals surface area contributed by atoms with Crippen molar-refractivity contribution in [3.63, 3.8) is 0 Å². The van der Waals surface area contributed by atoms with Crippen LogP contribution in [-0.2, 0) is 28.6 Å². The highest BCUT2D eigenvalue weighted by Gasteiger charge is 2.19. The molecule has 0 rings (SSSR count). The summed E-state index contributed by atoms with van der Waals surface area (Å²) in [5, 5.41) is 0. The molecule has 0 radical (unpaired) electrons. The van der Waals surface area contributed by atoms with Gasteiger partial charge in [0.1, 0.15) is 13.2 Å². The zero-order valence-electron chi connectivity index (χ0n) is 44.3. The Labute approximate surface area is 424 Å². The minimum Gasteiger partial charge on any atom is -0.462 e. The summed E-state index contributed by atoms with van der Waals surface area (Å²) in [6.07, 6.45) is 78.7. The Morgan fingerprint density at radius 3 is 0.986 bits per heavy atom. The molecule has 0 saturated heterocycles. The van der Waals surface area contributed by atoms with Crippen molar-refractivity contribution in [1.82, 2.24) is 0 Å². The summed E-state index contributed by atoms with van der Waals surface area (Å²) < 4.78 is 16.7. The predicted molar refractivity (Wildman–Crippen MR) is 297 cm³/mol. The third-order valence-corrected chi connectivity index (χ3v) is 11.1. The molecule has 0 unspecified atom stereocenters. The summed E-state index contributed by atoms with van der Waals surface area (Å²) in [5.74, 6) is -1.06. The monoisotopic (exact) mass is 953 g/mol. The standard InChI is InChI=1S/C63H100O6/c1-4-7-10-13-16-19-22-25-28-30-31-33-35-38-41-44-47-50-53-56-62(65)68-59-60(58-67-61(64)55-52-49-46-43-40-37-34-27-24-21-18-15-12-9-6-3)69-63(66)57-54-51-48-45-42-39-36-32-29-26-23-20-17-14-11-8-5-2/h9,12,16,18-19,21,25-29,31,33-34,36,38-41,43,45,48,60H,4-8,10-11,13-15,17,20,22-24,30,32,35,37,42,44,46-47,49-59H2,1-3H3/b12-9-,19-16-,21-18-,28-25-,29-26-,33-31-,34-27-,39-36-,41-38-,43-40-,48-45-/t60-/m1/s1. The van der Waals surface area contributed by atoms with E-state index in [1.165, 1.54) is 70.6 Å². The Bertz CT molecular complexity index is 1510. The Hall–Kier alpha value is -4.45. The van der Waals surface area contributed by atoms with E-state index in [9.17, 15) is 14.4 Å². The van der Waals surface area contributed by atoms with E-state index in [1.54, 1.807) is 0 Å². The van der Waals surface area contributed by atoms with Gasteiger partial charge in [0.2, 0.25) is 0 Å². The van der Waals surface area contributed by atoms with Gasteiger partial charge in [0, 0.05) is 19.3 Å². The van der Waals surface area contributed by atoms with Gasteiger partial charge in [0.25, 0.3) is 0 Å². The van der Waals surface area contributed by atoms with Crippen LogP contribution in [0, 0.1) is 0 Å². The molecule has 6 heteroatoms. The smallest absolute Gasteiger partial charge is 0.306 e. The van der Waals surface area contributed by atoms with Gasteiger partial charge in [-0.25, -0.2) is 0 Å². The van der Waals surface area contributed by atoms with Crippen LogP contribution >= 0.6 is 0 Å². The van der Waals surface area contributed by atoms with Crippen molar-refractivity contribution in [2.24, 2.45) is 0 Å². The largest absolute Gasteiger partial charge is 0.462 e. The topological polar surface area (TPSA) is 78.9 Å². The highest BCUT2D eigenvalue weighted by Crippen LogP contribution is 2.11. The highest BCUT2D eigenvalue weighted by molar-refractivity contribution is 5.71. The zero-order chi connectivity index (χ0) is 50.0. The van der Waals surface area contributed by atoms with Crippen LogP contribution in [0.5, 0.6) is 0 Å². The fourth-order valence-electron chi connectivity index (χ4n) is 6.96. The molecule has 0 aromatic rings. The molecule has 0 aromatic carbocycles. The van der Waals surface area contributed by atoms with Crippen molar-refractivity contribution < 1.29 is 28.6 Å². The second-order valence-electron chi connectivity index (χ2n) is 17.7. The molecule has 6 nitrogen and oxygen atoms in total. The number of allylic oxidation sites excluding steroid dienone is 22. The van der Waals surface area contributed by atoms with Crippen molar-refractivity contribution in [3.8, 4) is 0 Å². The lowest BCUT2D eigenvalue weighted by molar-refractivity contribution is -0.167. The number of unbranched alkanes of at least 4 members (excludes halogenated alkanes) is 15. The minimum atomic E-state index is -0.840. The van der Waals surface area contributed by atoms with Crippen LogP contribution in [0.2, 0.25) is 0 Å². The maximum Gasteiger partial charge on any atom is 0.306 e. The molecule has 69 heavy (non-hydrogen) atoms. The molecule has 0 amide bonds. The number of esters is 3. The molecule has 0 aliphatic rings. The molecular formula is C63H100O6. The Morgan fingerprint density at radius 1 is 0.304 bits per heavy atom. The van der Waals surface area contributed by atoms with Gasteiger partial charge >= 0.3 is 17.9 Å². The lowest BCUT2D eigenvalue weighted by Gasteiger charge is -2.18. The number of carbonyl (C=O) groups is 3. The van der Waals surface area contributed by atoms with Gasteiger partial charge in [0.15, 0.2) is 6.10 Å². The van der Waals surface area contributed by atoms with Gasteiger partial charge in [-0.15, -0.1) is 0 Å². The fourth-order valence-corrected chi connectivity index (χ4v) is 6.96. The maximum absolute atomic E-state index is 12.8. The number of rotatable bonds is 48. The van der Waals surface area contributed by atoms with E-state index in [2.05, 4.69) is 154 Å². The maximum atomic E-state index is 12.8. The first-order valence-electron chi connectivity index (χ1n) is 27.7. The van der Waals surface area contributed by atoms with Gasteiger partial charge in [-0.3, -0.25) is 14.4 Å². The SMILES string of the molecule is CC/C=C\C/C=C\C/C=C\C/C=C\CCCCC(=O)OC[C@H](COC(=O)CCCCC/C=C\C/C=C\C/C=C\C/C=C\CCCCC)OC(=O)CCC/C=C\C/C=C\C/C=C\CCCCCCCC. The molecule has 0 aliphatic carbocycles. The van der Waals surface area contributed by atoms with Crippen molar-refractivity contribution in [2.45, 2.75) is 232 Å². The van der Waals surface area contributed by atoms with Crippen LogP contribution in [0.3, 0.4) is 0 Å². The van der Waals surface area contributed by atoms with Crippen molar-refractivity contribution in [2.75, 3.05) is 13.2 Å². The van der Waals surface area contributed by atoms with Crippen molar-refractivity contribution in [1.29, 1.82) is 0 Å². The Morgan fingerprint density at radius 2 is 0.580 bits per heavy atom. The number of carbonyl (C=O) groups excluding carboxylic acids is 3. The summed E-state index contributed by atoms with van der Waals surface area (Å²) in [6.45, 7) is 6.37. The summed E-state index contributed by atoms with van der Waals surface area (Å²) in [5.41, 5.74) is 0. The minimum absolute atomic E-state index is 0.133.